The lowest BCUT2D eigenvalue weighted by Gasteiger charge is -2.26. The lowest BCUT2D eigenvalue weighted by Crippen LogP contribution is -2.37. The van der Waals surface area contributed by atoms with Crippen molar-refractivity contribution >= 4 is 23.5 Å². The summed E-state index contributed by atoms with van der Waals surface area (Å²) in [6, 6.07) is 0.208. The molecule has 1 saturated heterocycles. The van der Waals surface area contributed by atoms with Crippen LogP contribution in [0.4, 0.5) is 0 Å². The Hall–Kier alpha value is -0.440. The summed E-state index contributed by atoms with van der Waals surface area (Å²) in [5.74, 6) is 0.251. The molecule has 0 radical (unpaired) electrons. The number of hydrogen-bond acceptors (Lipinski definition) is 2. The molecule has 0 aromatic rings. The molecule has 0 N–H and O–H groups in total. The maximum atomic E-state index is 11.9. The molecule has 1 rings (SSSR count). The van der Waals surface area contributed by atoms with Crippen molar-refractivity contribution in [2.24, 2.45) is 5.41 Å². The van der Waals surface area contributed by atoms with E-state index in [9.17, 15) is 4.79 Å². The summed E-state index contributed by atoms with van der Waals surface area (Å²) in [6.45, 7) is 7.15. The fourth-order valence-corrected chi connectivity index (χ4v) is 2.08. The fourth-order valence-electron chi connectivity index (χ4n) is 1.80. The molecule has 0 aliphatic carbocycles. The van der Waals surface area contributed by atoms with Crippen LogP contribution in [0.3, 0.4) is 0 Å². The Morgan fingerprint density at radius 3 is 2.71 bits per heavy atom. The van der Waals surface area contributed by atoms with E-state index in [-0.39, 0.29) is 17.4 Å². The van der Waals surface area contributed by atoms with Gasteiger partial charge in [-0.05, 0) is 18.3 Å². The van der Waals surface area contributed by atoms with Gasteiger partial charge in [0, 0.05) is 18.3 Å². The third kappa shape index (κ3) is 3.05. The largest absolute Gasteiger partial charge is 0.335 e. The number of likely N-dealkylation sites (tertiary alicyclic amines) is 1. The molecule has 0 aromatic carbocycles. The summed E-state index contributed by atoms with van der Waals surface area (Å²) in [7, 11) is 0. The molecular weight excluding hydrogens is 194 g/mol. The second-order valence-electron chi connectivity index (χ2n) is 5.17. The van der Waals surface area contributed by atoms with Gasteiger partial charge in [0.05, 0.1) is 6.04 Å². The first-order chi connectivity index (χ1) is 6.44. The minimum Gasteiger partial charge on any atom is -0.335 e. The van der Waals surface area contributed by atoms with Crippen molar-refractivity contribution in [3.05, 3.63) is 0 Å². The summed E-state index contributed by atoms with van der Waals surface area (Å²) in [5.41, 5.74) is 0.0751. The van der Waals surface area contributed by atoms with Crippen LogP contribution in [0.1, 0.15) is 40.0 Å². The monoisotopic (exact) mass is 213 g/mol. The van der Waals surface area contributed by atoms with Gasteiger partial charge < -0.3 is 4.90 Å². The molecule has 3 heteroatoms. The molecule has 0 unspecified atom stereocenters. The number of hydrogen-bond donors (Lipinski definition) is 0. The Labute approximate surface area is 91.7 Å². The van der Waals surface area contributed by atoms with E-state index in [1.54, 1.807) is 5.37 Å². The van der Waals surface area contributed by atoms with Gasteiger partial charge in [-0.1, -0.05) is 33.0 Å². The molecule has 80 valence electrons. The van der Waals surface area contributed by atoms with Crippen LogP contribution < -0.4 is 0 Å². The average molecular weight is 213 g/mol. The van der Waals surface area contributed by atoms with E-state index in [1.165, 1.54) is 0 Å². The van der Waals surface area contributed by atoms with Crippen molar-refractivity contribution in [1.82, 2.24) is 4.90 Å². The quantitative estimate of drug-likeness (QED) is 0.657. The molecule has 1 heterocycles. The van der Waals surface area contributed by atoms with Gasteiger partial charge in [0.15, 0.2) is 0 Å². The highest BCUT2D eigenvalue weighted by molar-refractivity contribution is 7.79. The first-order valence-electron chi connectivity index (χ1n) is 5.19. The predicted molar refractivity (Wildman–Crippen MR) is 62.5 cm³/mol. The molecule has 0 spiro atoms. The van der Waals surface area contributed by atoms with Crippen molar-refractivity contribution in [1.29, 1.82) is 0 Å². The summed E-state index contributed by atoms with van der Waals surface area (Å²) < 4.78 is 0. The molecule has 1 atom stereocenters. The van der Waals surface area contributed by atoms with Gasteiger partial charge in [0.25, 0.3) is 0 Å². The van der Waals surface area contributed by atoms with Crippen LogP contribution in [-0.4, -0.2) is 28.8 Å². The summed E-state index contributed by atoms with van der Waals surface area (Å²) in [5, 5.41) is 1.73. The third-order valence-electron chi connectivity index (χ3n) is 2.46. The van der Waals surface area contributed by atoms with E-state index in [4.69, 9.17) is 12.2 Å². The van der Waals surface area contributed by atoms with E-state index in [1.807, 2.05) is 4.90 Å². The number of amides is 1. The van der Waals surface area contributed by atoms with E-state index >= 15 is 0 Å². The second-order valence-corrected chi connectivity index (χ2v) is 5.44. The van der Waals surface area contributed by atoms with E-state index in [0.29, 0.717) is 6.42 Å². The van der Waals surface area contributed by atoms with Crippen molar-refractivity contribution < 1.29 is 4.79 Å². The van der Waals surface area contributed by atoms with Crippen molar-refractivity contribution in [3.63, 3.8) is 0 Å². The van der Waals surface area contributed by atoms with E-state index < -0.39 is 0 Å². The van der Waals surface area contributed by atoms with Crippen LogP contribution in [0.15, 0.2) is 0 Å². The van der Waals surface area contributed by atoms with Crippen LogP contribution >= 0.6 is 12.2 Å². The zero-order valence-electron chi connectivity index (χ0n) is 9.25. The number of nitrogens with zero attached hydrogens (tertiary/aromatic N) is 1. The lowest BCUT2D eigenvalue weighted by atomic mass is 9.91. The van der Waals surface area contributed by atoms with Crippen LogP contribution in [0, 0.1) is 5.41 Å². The molecule has 14 heavy (non-hydrogen) atoms. The molecule has 0 bridgehead atoms. The number of carbonyl (C=O) groups excluding carboxylic acids is 1. The lowest BCUT2D eigenvalue weighted by molar-refractivity contribution is -0.132. The Kier molecular flexibility index (Phi) is 3.65. The number of carbonyl (C=O) groups is 1. The van der Waals surface area contributed by atoms with Gasteiger partial charge in [-0.2, -0.15) is 0 Å². The number of rotatable bonds is 2. The summed E-state index contributed by atoms with van der Waals surface area (Å²) in [6.07, 6.45) is 2.75. The maximum absolute atomic E-state index is 11.9. The van der Waals surface area contributed by atoms with Crippen molar-refractivity contribution in [2.75, 3.05) is 6.54 Å². The molecule has 1 fully saturated rings. The highest BCUT2D eigenvalue weighted by Gasteiger charge is 2.29. The average Bonchev–Trinajstić information content (AvgIpc) is 2.47. The number of thiocarbonyl (C=S) groups is 1. The Bertz CT molecular complexity index is 232. The fraction of sp³-hybridized carbons (Fsp3) is 0.818. The minimum absolute atomic E-state index is 0.0751. The van der Waals surface area contributed by atoms with Crippen LogP contribution in [-0.2, 0) is 4.79 Å². The molecule has 1 aliphatic heterocycles. The van der Waals surface area contributed by atoms with Crippen molar-refractivity contribution in [3.8, 4) is 0 Å². The smallest absolute Gasteiger partial charge is 0.223 e. The van der Waals surface area contributed by atoms with Crippen LogP contribution in [0.25, 0.3) is 0 Å². The maximum Gasteiger partial charge on any atom is 0.223 e. The first kappa shape index (κ1) is 11.6. The van der Waals surface area contributed by atoms with Gasteiger partial charge in [-0.15, -0.1) is 0 Å². The molecule has 1 aliphatic rings. The van der Waals surface area contributed by atoms with Gasteiger partial charge in [0.1, 0.15) is 0 Å². The molecule has 0 saturated carbocycles. The Morgan fingerprint density at radius 1 is 1.57 bits per heavy atom. The first-order valence-corrected chi connectivity index (χ1v) is 5.66. The summed E-state index contributed by atoms with van der Waals surface area (Å²) in [4.78, 5) is 13.8. The standard InChI is InChI=1S/C11H19NOS/c1-11(2,3)7-10(13)12-6-4-5-9(12)8-14/h8-9H,4-7H2,1-3H3/t9-/m0/s1. The van der Waals surface area contributed by atoms with Gasteiger partial charge in [0.2, 0.25) is 5.91 Å². The van der Waals surface area contributed by atoms with E-state index in [0.717, 1.165) is 19.4 Å². The molecule has 2 nitrogen and oxygen atoms in total. The summed E-state index contributed by atoms with van der Waals surface area (Å²) >= 11 is 4.93. The predicted octanol–water partition coefficient (Wildman–Crippen LogP) is 2.41. The highest BCUT2D eigenvalue weighted by Crippen LogP contribution is 2.23. The zero-order chi connectivity index (χ0) is 10.8. The van der Waals surface area contributed by atoms with Crippen LogP contribution in [0.5, 0.6) is 0 Å². The highest BCUT2D eigenvalue weighted by atomic mass is 32.1. The normalized spacial score (nSPS) is 22.5. The Balaban J connectivity index is 2.56. The molecular formula is C11H19NOS. The molecule has 1 amide bonds. The zero-order valence-corrected chi connectivity index (χ0v) is 10.1. The van der Waals surface area contributed by atoms with Crippen LogP contribution in [0.2, 0.25) is 0 Å². The second kappa shape index (κ2) is 4.39. The topological polar surface area (TPSA) is 20.3 Å². The van der Waals surface area contributed by atoms with E-state index in [2.05, 4.69) is 20.8 Å². The van der Waals surface area contributed by atoms with Gasteiger partial charge in [-0.25, -0.2) is 0 Å². The SMILES string of the molecule is CC(C)(C)CC(=O)N1CCC[C@H]1C=S. The van der Waals surface area contributed by atoms with Gasteiger partial charge >= 0.3 is 0 Å². The minimum atomic E-state index is 0.0751. The molecule has 0 aromatic heterocycles. The Morgan fingerprint density at radius 2 is 2.21 bits per heavy atom. The van der Waals surface area contributed by atoms with Gasteiger partial charge in [-0.3, -0.25) is 4.79 Å². The third-order valence-corrected chi connectivity index (χ3v) is 2.77. The van der Waals surface area contributed by atoms with Crippen molar-refractivity contribution in [2.45, 2.75) is 46.1 Å².